The summed E-state index contributed by atoms with van der Waals surface area (Å²) in [5, 5.41) is 26.1. The Labute approximate surface area is 321 Å². The van der Waals surface area contributed by atoms with Crippen LogP contribution in [-0.4, -0.2) is 71.0 Å². The molecule has 4 atom stereocenters. The minimum absolute atomic E-state index is 0.0218. The lowest BCUT2D eigenvalue weighted by atomic mass is 9.85. The van der Waals surface area contributed by atoms with Gasteiger partial charge in [-0.1, -0.05) is 37.1 Å². The Morgan fingerprint density at radius 1 is 0.792 bits per heavy atom. The fourth-order valence-electron chi connectivity index (χ4n) is 7.70. The maximum Gasteiger partial charge on any atom is 0.309 e. The van der Waals surface area contributed by atoms with Crippen molar-refractivity contribution in [2.24, 2.45) is 23.7 Å². The van der Waals surface area contributed by atoms with Crippen LogP contribution in [0.4, 0.5) is 10.3 Å². The summed E-state index contributed by atoms with van der Waals surface area (Å²) in [5.74, 6) is 1.13. The molecule has 3 fully saturated rings. The molecule has 10 nitrogen and oxygen atoms in total. The van der Waals surface area contributed by atoms with E-state index < -0.39 is 0 Å². The number of piperidine rings is 2. The van der Waals surface area contributed by atoms with Crippen molar-refractivity contribution >= 4 is 44.9 Å². The Morgan fingerprint density at radius 2 is 1.30 bits per heavy atom. The summed E-state index contributed by atoms with van der Waals surface area (Å²) in [6.45, 7) is 17.2. The minimum atomic E-state index is -0.0847. The highest BCUT2D eigenvalue weighted by Crippen LogP contribution is 2.45. The summed E-state index contributed by atoms with van der Waals surface area (Å²) in [5.41, 5.74) is 5.33. The number of phenolic OH excluding ortho intramolecular Hbond substituents is 2. The Balaban J connectivity index is 0.000000196. The second-order valence-electron chi connectivity index (χ2n) is 13.9. The fraction of sp³-hybridized carbons (Fsp3) is 0.512. The Hall–Kier alpha value is -4.16. The number of esters is 2. The molecule has 4 aromatic rings. The number of rotatable bonds is 8. The van der Waals surface area contributed by atoms with E-state index in [1.165, 1.54) is 0 Å². The van der Waals surface area contributed by atoms with Crippen molar-refractivity contribution in [3.05, 3.63) is 58.3 Å². The number of benzene rings is 2. The van der Waals surface area contributed by atoms with Gasteiger partial charge in [0.1, 0.15) is 11.5 Å². The molecule has 2 aromatic carbocycles. The van der Waals surface area contributed by atoms with Gasteiger partial charge < -0.3 is 29.5 Å². The molecule has 1 aliphatic carbocycles. The third kappa shape index (κ3) is 9.32. The standard InChI is InChI=1S/C20H24N2O3S.C19H24N2O3S.C2H6/c1-3-25-19(24)18-13-5-6-14(18)10-22(9-13)20-21-16(11-26-20)15-8-12(2)4-7-17(15)23;1-4-24-18(23)14-7-8-21(13(3)10-14)19-20-16(11-25-19)15-9-12(2)5-6-17(15)22;1-2/h4,7-8,11,13-14,18,23H,3,5-6,9-10H2,1-2H3;5-6,9,11,13-14,22H,4,7-8,10H2,1-3H3;1-2H3. The van der Waals surface area contributed by atoms with Crippen molar-refractivity contribution in [3.63, 3.8) is 0 Å². The van der Waals surface area contributed by atoms with Crippen molar-refractivity contribution in [2.75, 3.05) is 42.6 Å². The predicted molar refractivity (Wildman–Crippen MR) is 214 cm³/mol. The number of ether oxygens (including phenoxy) is 2. The van der Waals surface area contributed by atoms with Crippen LogP contribution in [0.2, 0.25) is 0 Å². The Bertz CT molecular complexity index is 1830. The molecular weight excluding hydrogens is 709 g/mol. The Kier molecular flexibility index (Phi) is 13.8. The molecule has 0 spiro atoms. The third-order valence-electron chi connectivity index (χ3n) is 10.2. The number of hydrogen-bond acceptors (Lipinski definition) is 12. The Morgan fingerprint density at radius 3 is 1.83 bits per heavy atom. The molecule has 3 aliphatic rings. The summed E-state index contributed by atoms with van der Waals surface area (Å²) >= 11 is 3.18. The molecular formula is C41H54N4O6S2. The first-order valence-corrected chi connectivity index (χ1v) is 20.7. The molecule has 286 valence electrons. The summed E-state index contributed by atoms with van der Waals surface area (Å²) in [6, 6.07) is 11.3. The van der Waals surface area contributed by atoms with Gasteiger partial charge in [0.25, 0.3) is 0 Å². The lowest BCUT2D eigenvalue weighted by Gasteiger charge is -2.36. The molecule has 2 saturated heterocycles. The number of aromatic nitrogens is 2. The number of aromatic hydroxyl groups is 2. The number of anilines is 2. The summed E-state index contributed by atoms with van der Waals surface area (Å²) < 4.78 is 10.4. The van der Waals surface area contributed by atoms with Crippen molar-refractivity contribution < 1.29 is 29.3 Å². The summed E-state index contributed by atoms with van der Waals surface area (Å²) in [4.78, 5) is 38.3. The van der Waals surface area contributed by atoms with E-state index in [1.807, 2.05) is 76.6 Å². The van der Waals surface area contributed by atoms with Gasteiger partial charge in [-0.15, -0.1) is 22.7 Å². The number of carbonyl (C=O) groups excluding carboxylic acids is 2. The van der Waals surface area contributed by atoms with E-state index in [4.69, 9.17) is 19.4 Å². The van der Waals surface area contributed by atoms with Gasteiger partial charge in [-0.3, -0.25) is 9.59 Å². The van der Waals surface area contributed by atoms with Gasteiger partial charge in [0, 0.05) is 47.6 Å². The van der Waals surface area contributed by atoms with E-state index in [0.717, 1.165) is 89.2 Å². The average Bonchev–Trinajstić information content (AvgIpc) is 3.90. The first kappa shape index (κ1) is 40.0. The summed E-state index contributed by atoms with van der Waals surface area (Å²) in [6.07, 6.45) is 3.74. The molecule has 2 bridgehead atoms. The molecule has 12 heteroatoms. The van der Waals surface area contributed by atoms with Crippen LogP contribution in [0.1, 0.15) is 71.4 Å². The molecule has 2 aliphatic heterocycles. The number of thiazole rings is 2. The second kappa shape index (κ2) is 18.2. The highest BCUT2D eigenvalue weighted by atomic mass is 32.1. The van der Waals surface area contributed by atoms with E-state index in [2.05, 4.69) is 16.7 Å². The maximum absolute atomic E-state index is 12.3. The number of hydrogen-bond donors (Lipinski definition) is 2. The monoisotopic (exact) mass is 762 g/mol. The minimum Gasteiger partial charge on any atom is -0.507 e. The van der Waals surface area contributed by atoms with Crippen LogP contribution in [0.5, 0.6) is 11.5 Å². The highest BCUT2D eigenvalue weighted by Gasteiger charge is 2.47. The van der Waals surface area contributed by atoms with Gasteiger partial charge in [-0.2, -0.15) is 0 Å². The van der Waals surface area contributed by atoms with E-state index in [-0.39, 0.29) is 41.3 Å². The van der Waals surface area contributed by atoms with E-state index in [0.29, 0.717) is 25.0 Å². The third-order valence-corrected chi connectivity index (χ3v) is 12.0. The zero-order valence-electron chi connectivity index (χ0n) is 32.0. The van der Waals surface area contributed by atoms with Gasteiger partial charge in [-0.25, -0.2) is 9.97 Å². The molecule has 53 heavy (non-hydrogen) atoms. The normalized spacial score (nSPS) is 21.9. The van der Waals surface area contributed by atoms with Crippen molar-refractivity contribution in [1.29, 1.82) is 0 Å². The van der Waals surface area contributed by atoms with Gasteiger partial charge in [-0.05, 0) is 96.4 Å². The SMILES string of the molecule is CC.CCOC(=O)C1C2CCC1CN(c1nc(-c3cc(C)ccc3O)cs1)C2.CCOC(=O)C1CCN(c2nc(-c3cc(C)ccc3O)cs2)C(C)C1. The van der Waals surface area contributed by atoms with Crippen LogP contribution in [0.15, 0.2) is 47.2 Å². The van der Waals surface area contributed by atoms with Crippen LogP contribution in [0.3, 0.4) is 0 Å². The first-order valence-electron chi connectivity index (χ1n) is 18.9. The number of carbonyl (C=O) groups is 2. The number of phenols is 2. The first-order chi connectivity index (χ1) is 25.6. The lowest BCUT2D eigenvalue weighted by molar-refractivity contribution is -0.151. The molecule has 4 unspecified atom stereocenters. The van der Waals surface area contributed by atoms with Crippen LogP contribution >= 0.6 is 22.7 Å². The predicted octanol–water partition coefficient (Wildman–Crippen LogP) is 8.87. The second-order valence-corrected chi connectivity index (χ2v) is 15.5. The van der Waals surface area contributed by atoms with Gasteiger partial charge in [0.2, 0.25) is 0 Å². The highest BCUT2D eigenvalue weighted by molar-refractivity contribution is 7.14. The number of fused-ring (bicyclic) bond motifs is 2. The molecule has 2 N–H and O–H groups in total. The molecule has 0 amide bonds. The summed E-state index contributed by atoms with van der Waals surface area (Å²) in [7, 11) is 0. The fourth-order valence-corrected chi connectivity index (χ4v) is 9.50. The van der Waals surface area contributed by atoms with Gasteiger partial charge in [0.05, 0.1) is 36.4 Å². The number of aryl methyl sites for hydroxylation is 2. The number of nitrogens with zero attached hydrogens (tertiary/aromatic N) is 4. The van der Waals surface area contributed by atoms with Crippen LogP contribution in [-0.2, 0) is 19.1 Å². The molecule has 4 heterocycles. The maximum atomic E-state index is 12.3. The zero-order chi connectivity index (χ0) is 38.2. The van der Waals surface area contributed by atoms with Gasteiger partial charge in [0.15, 0.2) is 10.3 Å². The van der Waals surface area contributed by atoms with Crippen LogP contribution in [0, 0.1) is 37.5 Å². The van der Waals surface area contributed by atoms with Crippen LogP contribution < -0.4 is 9.80 Å². The zero-order valence-corrected chi connectivity index (χ0v) is 33.6. The molecule has 1 saturated carbocycles. The van der Waals surface area contributed by atoms with Gasteiger partial charge >= 0.3 is 11.9 Å². The van der Waals surface area contributed by atoms with E-state index in [1.54, 1.807) is 34.8 Å². The van der Waals surface area contributed by atoms with Crippen molar-refractivity contribution in [2.45, 2.75) is 80.2 Å². The molecule has 7 rings (SSSR count). The molecule has 2 aromatic heterocycles. The van der Waals surface area contributed by atoms with Crippen LogP contribution in [0.25, 0.3) is 22.5 Å². The van der Waals surface area contributed by atoms with E-state index >= 15 is 0 Å². The van der Waals surface area contributed by atoms with Crippen molar-refractivity contribution in [1.82, 2.24) is 9.97 Å². The lowest BCUT2D eigenvalue weighted by Crippen LogP contribution is -2.45. The molecule has 0 radical (unpaired) electrons. The van der Waals surface area contributed by atoms with E-state index in [9.17, 15) is 19.8 Å². The largest absolute Gasteiger partial charge is 0.507 e. The average molecular weight is 763 g/mol. The smallest absolute Gasteiger partial charge is 0.309 e. The quantitative estimate of drug-likeness (QED) is 0.168. The van der Waals surface area contributed by atoms with Crippen molar-refractivity contribution in [3.8, 4) is 34.0 Å². The topological polar surface area (TPSA) is 125 Å².